The summed E-state index contributed by atoms with van der Waals surface area (Å²) in [6, 6.07) is 4.08. The number of imidazole rings is 1. The summed E-state index contributed by atoms with van der Waals surface area (Å²) in [5.74, 6) is 0.719. The highest BCUT2D eigenvalue weighted by Crippen LogP contribution is 2.25. The summed E-state index contributed by atoms with van der Waals surface area (Å²) in [5.41, 5.74) is 6.57. The lowest BCUT2D eigenvalue weighted by Gasteiger charge is -2.14. The minimum Gasteiger partial charge on any atom is -0.485 e. The Bertz CT molecular complexity index is 583. The Morgan fingerprint density at radius 2 is 2.26 bits per heavy atom. The normalized spacial score (nSPS) is 12.5. The maximum atomic E-state index is 13.3. The molecule has 1 atom stereocenters. The van der Waals surface area contributed by atoms with Crippen molar-refractivity contribution in [2.24, 2.45) is 12.8 Å². The van der Waals surface area contributed by atoms with Gasteiger partial charge in [0.1, 0.15) is 29.2 Å². The Morgan fingerprint density at radius 1 is 1.53 bits per heavy atom. The summed E-state index contributed by atoms with van der Waals surface area (Å²) in [5, 5.41) is 0.519. The summed E-state index contributed by atoms with van der Waals surface area (Å²) < 4.78 is 20.6. The van der Waals surface area contributed by atoms with Gasteiger partial charge in [-0.1, -0.05) is 17.7 Å². The summed E-state index contributed by atoms with van der Waals surface area (Å²) in [6.07, 6.45) is 1.54. The molecule has 2 rings (SSSR count). The molecule has 0 aliphatic rings. The third-order valence-corrected chi connectivity index (χ3v) is 3.20. The van der Waals surface area contributed by atoms with Gasteiger partial charge in [0.05, 0.1) is 6.20 Å². The fourth-order valence-corrected chi connectivity index (χ4v) is 1.86. The van der Waals surface area contributed by atoms with Gasteiger partial charge in [0.15, 0.2) is 0 Å². The van der Waals surface area contributed by atoms with Crippen LogP contribution in [0.2, 0.25) is 5.15 Å². The third-order valence-electron chi connectivity index (χ3n) is 2.85. The van der Waals surface area contributed by atoms with Gasteiger partial charge in [0.2, 0.25) is 0 Å². The molecule has 0 aliphatic heterocycles. The number of hydrogen-bond donors (Lipinski definition) is 1. The number of aromatic nitrogens is 2. The molecule has 1 aromatic carbocycles. The first-order chi connectivity index (χ1) is 8.99. The second-order valence-electron chi connectivity index (χ2n) is 4.32. The second kappa shape index (κ2) is 5.59. The maximum absolute atomic E-state index is 13.3. The Balaban J connectivity index is 2.19. The summed E-state index contributed by atoms with van der Waals surface area (Å²) in [4.78, 5) is 4.11. The van der Waals surface area contributed by atoms with Gasteiger partial charge < -0.3 is 15.0 Å². The van der Waals surface area contributed by atoms with Crippen LogP contribution >= 0.6 is 11.6 Å². The molecule has 0 radical (unpaired) electrons. The van der Waals surface area contributed by atoms with Gasteiger partial charge in [0, 0.05) is 24.7 Å². The van der Waals surface area contributed by atoms with E-state index in [9.17, 15) is 4.39 Å². The van der Waals surface area contributed by atoms with Crippen LogP contribution in [0.4, 0.5) is 4.39 Å². The standard InChI is InChI=1S/C13H15ClFN3O/c1-8(16)10-4-3-9(15)5-11(10)19-7-13-17-6-12(14)18(13)2/h3-6,8H,7,16H2,1-2H3/t8-/m1/s1. The van der Waals surface area contributed by atoms with Crippen LogP contribution in [-0.4, -0.2) is 9.55 Å². The first kappa shape index (κ1) is 13.8. The lowest BCUT2D eigenvalue weighted by molar-refractivity contribution is 0.286. The number of hydrogen-bond acceptors (Lipinski definition) is 3. The molecule has 1 heterocycles. The van der Waals surface area contributed by atoms with Gasteiger partial charge in [-0.2, -0.15) is 0 Å². The van der Waals surface area contributed by atoms with Crippen LogP contribution in [0.1, 0.15) is 24.4 Å². The van der Waals surface area contributed by atoms with Crippen LogP contribution in [0.25, 0.3) is 0 Å². The van der Waals surface area contributed by atoms with E-state index in [1.807, 2.05) is 6.92 Å². The third kappa shape index (κ3) is 3.05. The Kier molecular flexibility index (Phi) is 4.07. The zero-order valence-electron chi connectivity index (χ0n) is 10.7. The smallest absolute Gasteiger partial charge is 0.147 e. The molecule has 1 aromatic heterocycles. The van der Waals surface area contributed by atoms with E-state index in [0.29, 0.717) is 16.7 Å². The topological polar surface area (TPSA) is 53.1 Å². The van der Waals surface area contributed by atoms with Gasteiger partial charge in [-0.15, -0.1) is 0 Å². The zero-order valence-corrected chi connectivity index (χ0v) is 11.5. The predicted molar refractivity (Wildman–Crippen MR) is 71.6 cm³/mol. The van der Waals surface area contributed by atoms with Crippen molar-refractivity contribution in [3.05, 3.63) is 46.8 Å². The molecule has 2 aromatic rings. The summed E-state index contributed by atoms with van der Waals surface area (Å²) in [7, 11) is 1.78. The van der Waals surface area contributed by atoms with Crippen molar-refractivity contribution in [2.75, 3.05) is 0 Å². The molecule has 0 saturated carbocycles. The largest absolute Gasteiger partial charge is 0.485 e. The van der Waals surface area contributed by atoms with E-state index in [0.717, 1.165) is 5.56 Å². The first-order valence-corrected chi connectivity index (χ1v) is 6.20. The number of nitrogens with two attached hydrogens (primary N) is 1. The highest BCUT2D eigenvalue weighted by molar-refractivity contribution is 6.29. The van der Waals surface area contributed by atoms with Gasteiger partial charge in [-0.25, -0.2) is 9.37 Å². The highest BCUT2D eigenvalue weighted by atomic mass is 35.5. The number of rotatable bonds is 4. The quantitative estimate of drug-likeness (QED) is 0.939. The minimum absolute atomic E-state index is 0.201. The Morgan fingerprint density at radius 3 is 2.84 bits per heavy atom. The van der Waals surface area contributed by atoms with E-state index in [-0.39, 0.29) is 18.5 Å². The number of halogens is 2. The van der Waals surface area contributed by atoms with Gasteiger partial charge >= 0.3 is 0 Å². The summed E-state index contributed by atoms with van der Waals surface area (Å²) in [6.45, 7) is 2.02. The summed E-state index contributed by atoms with van der Waals surface area (Å²) >= 11 is 5.88. The lowest BCUT2D eigenvalue weighted by Crippen LogP contribution is -2.10. The molecule has 19 heavy (non-hydrogen) atoms. The second-order valence-corrected chi connectivity index (χ2v) is 4.70. The Labute approximate surface area is 116 Å². The van der Waals surface area contributed by atoms with E-state index >= 15 is 0 Å². The highest BCUT2D eigenvalue weighted by Gasteiger charge is 2.11. The molecule has 2 N–H and O–H groups in total. The van der Waals surface area contributed by atoms with Crippen molar-refractivity contribution < 1.29 is 9.13 Å². The molecule has 102 valence electrons. The van der Waals surface area contributed by atoms with E-state index in [4.69, 9.17) is 22.1 Å². The van der Waals surface area contributed by atoms with Crippen molar-refractivity contribution in [3.63, 3.8) is 0 Å². The molecule has 0 bridgehead atoms. The van der Waals surface area contributed by atoms with E-state index in [2.05, 4.69) is 4.98 Å². The molecule has 0 unspecified atom stereocenters. The van der Waals surface area contributed by atoms with Gasteiger partial charge in [0.25, 0.3) is 0 Å². The monoisotopic (exact) mass is 283 g/mol. The van der Waals surface area contributed by atoms with Crippen LogP contribution in [0.3, 0.4) is 0 Å². The maximum Gasteiger partial charge on any atom is 0.147 e. The number of benzene rings is 1. The van der Waals surface area contributed by atoms with Crippen LogP contribution in [0.15, 0.2) is 24.4 Å². The van der Waals surface area contributed by atoms with Crippen molar-refractivity contribution in [2.45, 2.75) is 19.6 Å². The molecule has 6 heteroatoms. The molecular weight excluding hydrogens is 269 g/mol. The van der Waals surface area contributed by atoms with Crippen LogP contribution < -0.4 is 10.5 Å². The molecule has 0 amide bonds. The minimum atomic E-state index is -0.364. The molecule has 4 nitrogen and oxygen atoms in total. The fraction of sp³-hybridized carbons (Fsp3) is 0.308. The van der Waals surface area contributed by atoms with E-state index in [1.165, 1.54) is 18.3 Å². The Hall–Kier alpha value is -1.59. The molecule has 0 saturated heterocycles. The van der Waals surface area contributed by atoms with Crippen LogP contribution in [-0.2, 0) is 13.7 Å². The van der Waals surface area contributed by atoms with Crippen molar-refractivity contribution in [1.29, 1.82) is 0 Å². The van der Waals surface area contributed by atoms with Gasteiger partial charge in [-0.05, 0) is 13.0 Å². The lowest BCUT2D eigenvalue weighted by atomic mass is 10.1. The molecule has 0 fully saturated rings. The van der Waals surface area contributed by atoms with E-state index < -0.39 is 0 Å². The number of nitrogens with zero attached hydrogens (tertiary/aromatic N) is 2. The van der Waals surface area contributed by atoms with Crippen LogP contribution in [0.5, 0.6) is 5.75 Å². The van der Waals surface area contributed by atoms with Crippen molar-refractivity contribution >= 4 is 11.6 Å². The average Bonchev–Trinajstić information content (AvgIpc) is 2.67. The van der Waals surface area contributed by atoms with Gasteiger partial charge in [-0.3, -0.25) is 0 Å². The van der Waals surface area contributed by atoms with Crippen LogP contribution in [0, 0.1) is 5.82 Å². The predicted octanol–water partition coefficient (Wildman–Crippen LogP) is 2.81. The van der Waals surface area contributed by atoms with Crippen molar-refractivity contribution in [1.82, 2.24) is 9.55 Å². The SMILES string of the molecule is C[C@@H](N)c1ccc(F)cc1OCc1ncc(Cl)n1C. The average molecular weight is 284 g/mol. The van der Waals surface area contributed by atoms with E-state index in [1.54, 1.807) is 17.7 Å². The first-order valence-electron chi connectivity index (χ1n) is 5.83. The molecular formula is C13H15ClFN3O. The number of ether oxygens (including phenoxy) is 1. The fourth-order valence-electron chi connectivity index (χ4n) is 1.71. The zero-order chi connectivity index (χ0) is 14.0. The molecule has 0 spiro atoms. The van der Waals surface area contributed by atoms with Crippen molar-refractivity contribution in [3.8, 4) is 5.75 Å². The molecule has 0 aliphatic carbocycles.